The molecule has 0 aliphatic rings. The summed E-state index contributed by atoms with van der Waals surface area (Å²) in [4.78, 5) is 32.6. The summed E-state index contributed by atoms with van der Waals surface area (Å²) in [6.45, 7) is 0. The molecule has 1 aromatic rings. The van der Waals surface area contributed by atoms with Crippen molar-refractivity contribution in [2.75, 3.05) is 5.32 Å². The number of aldehydes is 1. The second-order valence-electron chi connectivity index (χ2n) is 3.40. The lowest BCUT2D eigenvalue weighted by Gasteiger charge is -2.11. The number of benzene rings is 1. The predicted octanol–water partition coefficient (Wildman–Crippen LogP) is 0.240. The Morgan fingerprint density at radius 2 is 2.06 bits per heavy atom. The molecule has 6 heteroatoms. The van der Waals surface area contributed by atoms with Crippen LogP contribution in [0, 0.1) is 0 Å². The third-order valence-electron chi connectivity index (χ3n) is 2.08. The molecule has 0 aliphatic carbocycles. The first-order valence-corrected chi connectivity index (χ1v) is 4.87. The van der Waals surface area contributed by atoms with Gasteiger partial charge in [-0.2, -0.15) is 0 Å². The van der Waals surface area contributed by atoms with Gasteiger partial charge in [-0.25, -0.2) is 0 Å². The minimum Gasteiger partial charge on any atom is -0.481 e. The number of hydrogen-bond acceptors (Lipinski definition) is 4. The zero-order chi connectivity index (χ0) is 12.8. The number of nitrogens with one attached hydrogen (secondary N) is 1. The zero-order valence-corrected chi connectivity index (χ0v) is 8.92. The van der Waals surface area contributed by atoms with Crippen LogP contribution in [0.4, 0.5) is 5.69 Å². The molecule has 1 atom stereocenters. The summed E-state index contributed by atoms with van der Waals surface area (Å²) in [6.07, 6.45) is 0.132. The van der Waals surface area contributed by atoms with Gasteiger partial charge in [0.25, 0.3) is 0 Å². The number of amides is 1. The van der Waals surface area contributed by atoms with Crippen LogP contribution in [0.5, 0.6) is 0 Å². The van der Waals surface area contributed by atoms with Crippen molar-refractivity contribution < 1.29 is 19.5 Å². The molecule has 0 bridgehead atoms. The lowest BCUT2D eigenvalue weighted by atomic mass is 10.1. The van der Waals surface area contributed by atoms with E-state index in [1.165, 1.54) is 12.1 Å². The van der Waals surface area contributed by atoms with E-state index >= 15 is 0 Å². The fraction of sp³-hybridized carbons (Fsp3) is 0.182. The van der Waals surface area contributed by atoms with Gasteiger partial charge in [0.2, 0.25) is 5.91 Å². The molecule has 1 amide bonds. The van der Waals surface area contributed by atoms with E-state index < -0.39 is 24.3 Å². The highest BCUT2D eigenvalue weighted by atomic mass is 16.4. The zero-order valence-electron chi connectivity index (χ0n) is 8.92. The molecule has 90 valence electrons. The maximum Gasteiger partial charge on any atom is 0.305 e. The number of anilines is 1. The van der Waals surface area contributed by atoms with Crippen molar-refractivity contribution in [2.24, 2.45) is 5.73 Å². The minimum absolute atomic E-state index is 0.309. The number of carbonyl (C=O) groups is 3. The molecular formula is C11H12N2O4. The quantitative estimate of drug-likeness (QED) is 0.634. The van der Waals surface area contributed by atoms with Gasteiger partial charge in [-0.1, -0.05) is 12.1 Å². The Bertz CT molecular complexity index is 445. The van der Waals surface area contributed by atoms with Crippen molar-refractivity contribution in [2.45, 2.75) is 12.5 Å². The van der Waals surface area contributed by atoms with Gasteiger partial charge < -0.3 is 16.2 Å². The van der Waals surface area contributed by atoms with Gasteiger partial charge in [-0.15, -0.1) is 0 Å². The molecule has 0 fully saturated rings. The molecule has 0 saturated carbocycles. The first-order valence-electron chi connectivity index (χ1n) is 4.87. The number of nitrogens with two attached hydrogens (primary N) is 1. The summed E-state index contributed by atoms with van der Waals surface area (Å²) in [6, 6.07) is 5.22. The second kappa shape index (κ2) is 5.76. The summed E-state index contributed by atoms with van der Waals surface area (Å²) < 4.78 is 0. The van der Waals surface area contributed by atoms with E-state index in [1.807, 2.05) is 0 Å². The summed E-state index contributed by atoms with van der Waals surface area (Å²) >= 11 is 0. The number of para-hydroxylation sites is 1. The number of aliphatic carboxylic acids is 1. The molecule has 1 aromatic carbocycles. The number of carboxylic acids is 1. The van der Waals surface area contributed by atoms with Crippen LogP contribution in [0.3, 0.4) is 0 Å². The molecule has 0 spiro atoms. The average molecular weight is 236 g/mol. The highest BCUT2D eigenvalue weighted by Gasteiger charge is 2.17. The molecule has 17 heavy (non-hydrogen) atoms. The van der Waals surface area contributed by atoms with E-state index in [1.54, 1.807) is 12.1 Å². The molecule has 4 N–H and O–H groups in total. The monoisotopic (exact) mass is 236 g/mol. The van der Waals surface area contributed by atoms with Gasteiger partial charge in [0.05, 0.1) is 18.2 Å². The fourth-order valence-corrected chi connectivity index (χ4v) is 1.22. The Kier molecular flexibility index (Phi) is 4.36. The molecule has 0 aliphatic heterocycles. The highest BCUT2D eigenvalue weighted by molar-refractivity contribution is 6.00. The molecule has 0 heterocycles. The highest BCUT2D eigenvalue weighted by Crippen LogP contribution is 2.12. The summed E-state index contributed by atoms with van der Waals surface area (Å²) in [7, 11) is 0. The van der Waals surface area contributed by atoms with Gasteiger partial charge in [0, 0.05) is 5.56 Å². The Labute approximate surface area is 97.4 Å². The van der Waals surface area contributed by atoms with Gasteiger partial charge in [-0.05, 0) is 12.1 Å². The lowest BCUT2D eigenvalue weighted by Crippen LogP contribution is -2.37. The molecular weight excluding hydrogens is 224 g/mol. The van der Waals surface area contributed by atoms with E-state index in [0.717, 1.165) is 0 Å². The Hall–Kier alpha value is -2.21. The standard InChI is InChI=1S/C11H12N2O4/c12-8(5-10(15)16)11(17)13-9-4-2-1-3-7(9)6-14/h1-4,6,8H,5,12H2,(H,13,17)(H,15,16). The van der Waals surface area contributed by atoms with Crippen LogP contribution in [0.2, 0.25) is 0 Å². The maximum atomic E-state index is 11.5. The summed E-state index contributed by atoms with van der Waals surface area (Å²) in [5, 5.41) is 10.9. The lowest BCUT2D eigenvalue weighted by molar-refractivity contribution is -0.138. The van der Waals surface area contributed by atoms with Crippen molar-refractivity contribution in [3.63, 3.8) is 0 Å². The van der Waals surface area contributed by atoms with Crippen molar-refractivity contribution in [1.82, 2.24) is 0 Å². The van der Waals surface area contributed by atoms with Gasteiger partial charge >= 0.3 is 5.97 Å². The molecule has 0 radical (unpaired) electrons. The van der Waals surface area contributed by atoms with Crippen LogP contribution in [0.25, 0.3) is 0 Å². The molecule has 0 saturated heterocycles. The molecule has 6 nitrogen and oxygen atoms in total. The SMILES string of the molecule is NC(CC(=O)O)C(=O)Nc1ccccc1C=O. The minimum atomic E-state index is -1.16. The van der Waals surface area contributed by atoms with Crippen molar-refractivity contribution in [3.8, 4) is 0 Å². The molecule has 1 unspecified atom stereocenters. The van der Waals surface area contributed by atoms with Crippen molar-refractivity contribution >= 4 is 23.9 Å². The van der Waals surface area contributed by atoms with E-state index in [4.69, 9.17) is 10.8 Å². The average Bonchev–Trinajstić information content (AvgIpc) is 2.28. The topological polar surface area (TPSA) is 109 Å². The van der Waals surface area contributed by atoms with Crippen LogP contribution in [0.1, 0.15) is 16.8 Å². The number of rotatable bonds is 5. The number of carbonyl (C=O) groups excluding carboxylic acids is 2. The van der Waals surface area contributed by atoms with Gasteiger partial charge in [0.15, 0.2) is 6.29 Å². The molecule has 1 rings (SSSR count). The van der Waals surface area contributed by atoms with Crippen molar-refractivity contribution in [1.29, 1.82) is 0 Å². The summed E-state index contributed by atoms with van der Waals surface area (Å²) in [5.74, 6) is -1.79. The van der Waals surface area contributed by atoms with Crippen LogP contribution in [-0.2, 0) is 9.59 Å². The first kappa shape index (κ1) is 12.9. The first-order chi connectivity index (χ1) is 8.04. The molecule has 0 aromatic heterocycles. The van der Waals surface area contributed by atoms with Crippen LogP contribution in [-0.4, -0.2) is 29.3 Å². The third kappa shape index (κ3) is 3.69. The smallest absolute Gasteiger partial charge is 0.305 e. The van der Waals surface area contributed by atoms with Crippen LogP contribution < -0.4 is 11.1 Å². The predicted molar refractivity (Wildman–Crippen MR) is 60.7 cm³/mol. The third-order valence-corrected chi connectivity index (χ3v) is 2.08. The van der Waals surface area contributed by atoms with E-state index in [0.29, 0.717) is 17.5 Å². The van der Waals surface area contributed by atoms with Gasteiger partial charge in [-0.3, -0.25) is 14.4 Å². The maximum absolute atomic E-state index is 11.5. The fourth-order valence-electron chi connectivity index (χ4n) is 1.22. The van der Waals surface area contributed by atoms with Crippen LogP contribution in [0.15, 0.2) is 24.3 Å². The summed E-state index contributed by atoms with van der Waals surface area (Å²) in [5.41, 5.74) is 6.00. The Balaban J connectivity index is 2.74. The van der Waals surface area contributed by atoms with E-state index in [-0.39, 0.29) is 0 Å². The largest absolute Gasteiger partial charge is 0.481 e. The van der Waals surface area contributed by atoms with Crippen molar-refractivity contribution in [3.05, 3.63) is 29.8 Å². The normalized spacial score (nSPS) is 11.6. The van der Waals surface area contributed by atoms with E-state index in [9.17, 15) is 14.4 Å². The Morgan fingerprint density at radius 3 is 2.65 bits per heavy atom. The second-order valence-corrected chi connectivity index (χ2v) is 3.40. The Morgan fingerprint density at radius 1 is 1.41 bits per heavy atom. The number of hydrogen-bond donors (Lipinski definition) is 3. The number of carboxylic acid groups (broad SMARTS) is 1. The van der Waals surface area contributed by atoms with Gasteiger partial charge in [0.1, 0.15) is 0 Å². The van der Waals surface area contributed by atoms with E-state index in [2.05, 4.69) is 5.32 Å². The van der Waals surface area contributed by atoms with Crippen LogP contribution >= 0.6 is 0 Å².